The first-order chi connectivity index (χ1) is 9.78. The van der Waals surface area contributed by atoms with Gasteiger partial charge in [-0.05, 0) is 32.3 Å². The van der Waals surface area contributed by atoms with Gasteiger partial charge >= 0.3 is 0 Å². The Labute approximate surface area is 130 Å². The van der Waals surface area contributed by atoms with E-state index in [2.05, 4.69) is 18.8 Å². The first kappa shape index (κ1) is 16.2. The highest BCUT2D eigenvalue weighted by Crippen LogP contribution is 2.37. The van der Waals surface area contributed by atoms with Gasteiger partial charge in [-0.1, -0.05) is 13.8 Å². The van der Waals surface area contributed by atoms with Crippen molar-refractivity contribution >= 4 is 31.4 Å². The molecule has 0 aliphatic carbocycles. The minimum absolute atomic E-state index is 0.281. The highest BCUT2D eigenvalue weighted by molar-refractivity contribution is 7.92. The molecule has 6 heteroatoms. The van der Waals surface area contributed by atoms with Crippen LogP contribution in [0, 0.1) is 0 Å². The first-order valence-corrected chi connectivity index (χ1v) is 9.50. The van der Waals surface area contributed by atoms with Crippen LogP contribution >= 0.6 is 11.3 Å². The maximum Gasteiger partial charge on any atom is 0.214 e. The number of ether oxygens (including phenoxy) is 1. The molecule has 4 nitrogen and oxygen atoms in total. The van der Waals surface area contributed by atoms with E-state index in [1.165, 1.54) is 11.3 Å². The number of hydrogen-bond acceptors (Lipinski definition) is 5. The maximum absolute atomic E-state index is 12.5. The second-order valence-electron chi connectivity index (χ2n) is 5.51. The summed E-state index contributed by atoms with van der Waals surface area (Å²) in [7, 11) is -3.34. The van der Waals surface area contributed by atoms with Crippen LogP contribution in [-0.2, 0) is 9.84 Å². The molecule has 2 heterocycles. The third-order valence-electron chi connectivity index (χ3n) is 3.34. The number of pyridine rings is 1. The number of rotatable bonds is 5. The highest BCUT2D eigenvalue weighted by Gasteiger charge is 2.26. The predicted molar refractivity (Wildman–Crippen MR) is 87.2 cm³/mol. The van der Waals surface area contributed by atoms with E-state index in [4.69, 9.17) is 4.74 Å². The lowest BCUT2D eigenvalue weighted by Gasteiger charge is -2.11. The Morgan fingerprint density at radius 2 is 1.95 bits per heavy atom. The van der Waals surface area contributed by atoms with Crippen LogP contribution in [0.25, 0.3) is 10.2 Å². The van der Waals surface area contributed by atoms with Crippen molar-refractivity contribution in [3.63, 3.8) is 0 Å². The van der Waals surface area contributed by atoms with Crippen molar-refractivity contribution in [2.75, 3.05) is 6.61 Å². The summed E-state index contributed by atoms with van der Waals surface area (Å²) in [5.41, 5.74) is 1.63. The molecule has 0 bridgehead atoms. The summed E-state index contributed by atoms with van der Waals surface area (Å²) in [5, 5.41) is 1.24. The molecule has 0 saturated carbocycles. The van der Waals surface area contributed by atoms with Gasteiger partial charge < -0.3 is 4.74 Å². The van der Waals surface area contributed by atoms with E-state index in [-0.39, 0.29) is 5.92 Å². The van der Waals surface area contributed by atoms with Crippen LogP contribution < -0.4 is 4.74 Å². The molecule has 0 radical (unpaired) electrons. The molecule has 0 aliphatic heterocycles. The summed E-state index contributed by atoms with van der Waals surface area (Å²) >= 11 is 1.44. The lowest BCUT2D eigenvalue weighted by Crippen LogP contribution is -2.13. The van der Waals surface area contributed by atoms with E-state index < -0.39 is 15.1 Å². The largest absolute Gasteiger partial charge is 0.478 e. The molecule has 0 saturated heterocycles. The fourth-order valence-corrected chi connectivity index (χ4v) is 4.80. The molecule has 2 aromatic rings. The van der Waals surface area contributed by atoms with E-state index in [0.717, 1.165) is 10.3 Å². The summed E-state index contributed by atoms with van der Waals surface area (Å²) in [6.07, 6.45) is 0. The Kier molecular flexibility index (Phi) is 4.58. The molecule has 116 valence electrons. The molecule has 0 aliphatic rings. The zero-order valence-corrected chi connectivity index (χ0v) is 14.6. The molecule has 0 unspecified atom stereocenters. The van der Waals surface area contributed by atoms with Gasteiger partial charge in [-0.15, -0.1) is 11.3 Å². The van der Waals surface area contributed by atoms with Crippen molar-refractivity contribution in [1.82, 2.24) is 4.98 Å². The second-order valence-corrected chi connectivity index (χ2v) is 8.86. The molecular formula is C15H21NO3S2. The minimum Gasteiger partial charge on any atom is -0.478 e. The zero-order valence-electron chi connectivity index (χ0n) is 13.0. The van der Waals surface area contributed by atoms with Gasteiger partial charge in [-0.25, -0.2) is 13.4 Å². The first-order valence-electron chi connectivity index (χ1n) is 7.07. The Balaban J connectivity index is 2.77. The average molecular weight is 327 g/mol. The summed E-state index contributed by atoms with van der Waals surface area (Å²) in [4.78, 5) is 4.75. The minimum atomic E-state index is -3.34. The Morgan fingerprint density at radius 3 is 2.48 bits per heavy atom. The average Bonchev–Trinajstić information content (AvgIpc) is 2.82. The molecule has 0 fully saturated rings. The smallest absolute Gasteiger partial charge is 0.214 e. The normalized spacial score (nSPS) is 12.5. The van der Waals surface area contributed by atoms with Crippen LogP contribution in [0.15, 0.2) is 16.3 Å². The van der Waals surface area contributed by atoms with E-state index in [9.17, 15) is 8.42 Å². The molecule has 0 aromatic carbocycles. The number of thiophene rings is 1. The molecule has 0 amide bonds. The van der Waals surface area contributed by atoms with Gasteiger partial charge in [0.25, 0.3) is 0 Å². The van der Waals surface area contributed by atoms with E-state index in [1.54, 1.807) is 19.2 Å². The van der Waals surface area contributed by atoms with Crippen molar-refractivity contribution in [1.29, 1.82) is 0 Å². The number of nitrogens with zero attached hydrogens (tertiary/aromatic N) is 1. The summed E-state index contributed by atoms with van der Waals surface area (Å²) in [6.45, 7) is 9.94. The summed E-state index contributed by atoms with van der Waals surface area (Å²) < 4.78 is 31.4. The van der Waals surface area contributed by atoms with Gasteiger partial charge in [0.2, 0.25) is 5.88 Å². The van der Waals surface area contributed by atoms with Crippen molar-refractivity contribution in [3.8, 4) is 5.88 Å². The van der Waals surface area contributed by atoms with Gasteiger partial charge in [0, 0.05) is 11.4 Å². The predicted octanol–water partition coefficient (Wildman–Crippen LogP) is 4.00. The monoisotopic (exact) mass is 327 g/mol. The van der Waals surface area contributed by atoms with Crippen LogP contribution in [0.4, 0.5) is 0 Å². The van der Waals surface area contributed by atoms with E-state index in [0.29, 0.717) is 22.9 Å². The molecule has 2 aromatic heterocycles. The summed E-state index contributed by atoms with van der Waals surface area (Å²) in [6, 6.07) is 1.92. The molecular weight excluding hydrogens is 306 g/mol. The maximum atomic E-state index is 12.5. The topological polar surface area (TPSA) is 56.3 Å². The second kappa shape index (κ2) is 5.93. The fourth-order valence-electron chi connectivity index (χ4n) is 2.09. The Hall–Kier alpha value is -1.14. The standard InChI is InChI=1S/C15H21NO3S2/c1-6-19-13-7-11(9(2)3)15-14(16-13)12(8-20-15)21(17,18)10(4)5/h7-10H,6H2,1-5H3. The molecule has 0 spiro atoms. The summed E-state index contributed by atoms with van der Waals surface area (Å²) in [5.74, 6) is 0.773. The van der Waals surface area contributed by atoms with Gasteiger partial charge in [-0.3, -0.25) is 0 Å². The molecule has 0 atom stereocenters. The van der Waals surface area contributed by atoms with Crippen molar-refractivity contribution in [2.45, 2.75) is 50.7 Å². The van der Waals surface area contributed by atoms with Crippen LogP contribution in [-0.4, -0.2) is 25.3 Å². The van der Waals surface area contributed by atoms with Gasteiger partial charge in [0.05, 0.1) is 16.6 Å². The van der Waals surface area contributed by atoms with Crippen LogP contribution in [0.2, 0.25) is 0 Å². The highest BCUT2D eigenvalue weighted by atomic mass is 32.2. The number of aromatic nitrogens is 1. The molecule has 2 rings (SSSR count). The SMILES string of the molecule is CCOc1cc(C(C)C)c2scc(S(=O)(=O)C(C)C)c2n1. The fraction of sp³-hybridized carbons (Fsp3) is 0.533. The number of fused-ring (bicyclic) bond motifs is 1. The van der Waals surface area contributed by atoms with Crippen LogP contribution in [0.5, 0.6) is 5.88 Å². The van der Waals surface area contributed by atoms with Crippen LogP contribution in [0.1, 0.15) is 46.1 Å². The third-order valence-corrected chi connectivity index (χ3v) is 6.67. The van der Waals surface area contributed by atoms with E-state index >= 15 is 0 Å². The number of hydrogen-bond donors (Lipinski definition) is 0. The van der Waals surface area contributed by atoms with Crippen molar-refractivity contribution < 1.29 is 13.2 Å². The van der Waals surface area contributed by atoms with Gasteiger partial charge in [0.15, 0.2) is 9.84 Å². The molecule has 0 N–H and O–H groups in total. The van der Waals surface area contributed by atoms with Crippen molar-refractivity contribution in [2.24, 2.45) is 0 Å². The van der Waals surface area contributed by atoms with E-state index in [1.807, 2.05) is 13.0 Å². The third kappa shape index (κ3) is 2.92. The quantitative estimate of drug-likeness (QED) is 0.833. The van der Waals surface area contributed by atoms with Crippen molar-refractivity contribution in [3.05, 3.63) is 17.0 Å². The van der Waals surface area contributed by atoms with Gasteiger partial charge in [-0.2, -0.15) is 0 Å². The lowest BCUT2D eigenvalue weighted by atomic mass is 10.0. The van der Waals surface area contributed by atoms with Crippen LogP contribution in [0.3, 0.4) is 0 Å². The number of sulfone groups is 1. The Morgan fingerprint density at radius 1 is 1.29 bits per heavy atom. The lowest BCUT2D eigenvalue weighted by molar-refractivity contribution is 0.327. The zero-order chi connectivity index (χ0) is 15.8. The Bertz CT molecular complexity index is 746. The van der Waals surface area contributed by atoms with Gasteiger partial charge in [0.1, 0.15) is 10.4 Å². The molecule has 21 heavy (non-hydrogen) atoms.